The van der Waals surface area contributed by atoms with E-state index in [0.717, 1.165) is 11.0 Å². The van der Waals surface area contributed by atoms with Crippen LogP contribution in [-0.2, 0) is 23.3 Å². The second-order valence-electron chi connectivity index (χ2n) is 9.73. The number of anilines is 1. The van der Waals surface area contributed by atoms with Crippen molar-refractivity contribution >= 4 is 17.6 Å². The predicted molar refractivity (Wildman–Crippen MR) is 118 cm³/mol. The molecule has 0 spiro atoms. The maximum absolute atomic E-state index is 13.5. The molecule has 1 aliphatic rings. The van der Waals surface area contributed by atoms with E-state index in [1.807, 2.05) is 0 Å². The molecule has 2 atom stereocenters. The number of alkyl halides is 9. The number of carbonyl (C=O) groups excluding carboxylic acids is 2. The fourth-order valence-electron chi connectivity index (χ4n) is 4.28. The van der Waals surface area contributed by atoms with Crippen LogP contribution in [0.5, 0.6) is 0 Å². The number of benzene rings is 2. The van der Waals surface area contributed by atoms with Crippen molar-refractivity contribution in [1.82, 2.24) is 0 Å². The van der Waals surface area contributed by atoms with Crippen LogP contribution in [0.4, 0.5) is 50.0 Å². The summed E-state index contributed by atoms with van der Waals surface area (Å²) in [7, 11) is 0. The highest BCUT2D eigenvalue weighted by atomic mass is 19.4. The summed E-state index contributed by atoms with van der Waals surface area (Å²) in [5.41, 5.74) is -7.22. The number of ketones is 1. The molecule has 1 aliphatic heterocycles. The number of nitrogens with zero attached hydrogens (tertiary/aromatic N) is 1. The molecule has 0 saturated heterocycles. The average molecular weight is 555 g/mol. The minimum absolute atomic E-state index is 0.0865. The summed E-state index contributed by atoms with van der Waals surface area (Å²) in [4.78, 5) is 27.4. The van der Waals surface area contributed by atoms with Gasteiger partial charge in [0.15, 0.2) is 5.78 Å². The number of carbonyl (C=O) groups is 2. The van der Waals surface area contributed by atoms with Crippen molar-refractivity contribution in [2.24, 2.45) is 0 Å². The third kappa shape index (κ3) is 5.91. The first kappa shape index (κ1) is 29.3. The number of fused-ring (bicyclic) bond motifs is 1. The topological polar surface area (TPSA) is 46.6 Å². The van der Waals surface area contributed by atoms with E-state index >= 15 is 0 Å². The van der Waals surface area contributed by atoms with Gasteiger partial charge in [-0.05, 0) is 63.1 Å². The number of hydrogen-bond donors (Lipinski definition) is 0. The number of rotatable bonds is 3. The van der Waals surface area contributed by atoms with Gasteiger partial charge < -0.3 is 4.74 Å². The van der Waals surface area contributed by atoms with Crippen molar-refractivity contribution in [2.75, 3.05) is 4.90 Å². The smallest absolute Gasteiger partial charge is 0.416 e. The van der Waals surface area contributed by atoms with Gasteiger partial charge in [0.2, 0.25) is 0 Å². The van der Waals surface area contributed by atoms with Crippen molar-refractivity contribution in [2.45, 2.75) is 70.2 Å². The summed E-state index contributed by atoms with van der Waals surface area (Å²) in [6, 6.07) is 1.24. The average Bonchev–Trinajstić information content (AvgIpc) is 3.09. The van der Waals surface area contributed by atoms with Gasteiger partial charge in [0.25, 0.3) is 0 Å². The molecule has 0 unspecified atom stereocenters. The minimum atomic E-state index is -5.22. The molecule has 4 nitrogen and oxygen atoms in total. The van der Waals surface area contributed by atoms with Gasteiger partial charge in [0.1, 0.15) is 5.60 Å². The van der Waals surface area contributed by atoms with Gasteiger partial charge in [-0.1, -0.05) is 13.0 Å². The summed E-state index contributed by atoms with van der Waals surface area (Å²) in [6.07, 6.45) is -16.5. The van der Waals surface area contributed by atoms with Crippen LogP contribution in [0.2, 0.25) is 0 Å². The maximum atomic E-state index is 13.5. The van der Waals surface area contributed by atoms with Crippen molar-refractivity contribution in [3.05, 3.63) is 64.2 Å². The van der Waals surface area contributed by atoms with Crippen LogP contribution in [0.25, 0.3) is 0 Å². The molecule has 2 aromatic carbocycles. The molecule has 0 radical (unpaired) electrons. The second kappa shape index (κ2) is 9.49. The molecule has 38 heavy (non-hydrogen) atoms. The number of hydrogen-bond acceptors (Lipinski definition) is 3. The Kier molecular flexibility index (Phi) is 7.32. The van der Waals surface area contributed by atoms with Crippen molar-refractivity contribution in [3.63, 3.8) is 0 Å². The van der Waals surface area contributed by atoms with Crippen molar-refractivity contribution in [1.29, 1.82) is 0 Å². The third-order valence-electron chi connectivity index (χ3n) is 5.83. The van der Waals surface area contributed by atoms with E-state index in [9.17, 15) is 49.1 Å². The molecule has 0 fully saturated rings. The molecule has 0 N–H and O–H groups in total. The number of Topliss-reactive ketones (excluding diaryl/α,β-unsaturated/α-hetero) is 1. The quantitative estimate of drug-likeness (QED) is 0.283. The molecule has 0 aromatic heterocycles. The van der Waals surface area contributed by atoms with Crippen LogP contribution in [-0.4, -0.2) is 23.5 Å². The highest BCUT2D eigenvalue weighted by Crippen LogP contribution is 2.47. The summed E-state index contributed by atoms with van der Waals surface area (Å²) in [6.45, 7) is 5.92. The SMILES string of the molecule is CC[C@@H]1[C@H](C(=O)c2cc(C(F)(F)F)cc(C(F)(F)F)c2)c2ccc(C(F)(F)F)cc2N1C(=O)OC(C)(C)C. The van der Waals surface area contributed by atoms with Gasteiger partial charge in [0, 0.05) is 5.56 Å². The molecule has 0 aliphatic carbocycles. The number of amides is 1. The molecule has 3 rings (SSSR count). The van der Waals surface area contributed by atoms with Gasteiger partial charge in [0.05, 0.1) is 34.3 Å². The van der Waals surface area contributed by atoms with Gasteiger partial charge in [-0.15, -0.1) is 0 Å². The summed E-state index contributed by atoms with van der Waals surface area (Å²) in [5, 5.41) is 0. The highest BCUT2D eigenvalue weighted by Gasteiger charge is 2.48. The lowest BCUT2D eigenvalue weighted by Crippen LogP contribution is -2.43. The summed E-state index contributed by atoms with van der Waals surface area (Å²) in [5.74, 6) is -2.78. The van der Waals surface area contributed by atoms with E-state index in [2.05, 4.69) is 0 Å². The molecule has 1 amide bonds. The van der Waals surface area contributed by atoms with Crippen LogP contribution < -0.4 is 4.90 Å². The van der Waals surface area contributed by atoms with E-state index in [4.69, 9.17) is 4.74 Å². The van der Waals surface area contributed by atoms with Crippen LogP contribution in [0, 0.1) is 0 Å². The molecule has 0 saturated carbocycles. The van der Waals surface area contributed by atoms with E-state index in [1.54, 1.807) is 0 Å². The molecular formula is C25H22F9NO3. The minimum Gasteiger partial charge on any atom is -0.443 e. The van der Waals surface area contributed by atoms with Gasteiger partial charge >= 0.3 is 24.6 Å². The van der Waals surface area contributed by atoms with Crippen molar-refractivity contribution < 1.29 is 53.8 Å². The zero-order valence-electron chi connectivity index (χ0n) is 20.4. The maximum Gasteiger partial charge on any atom is 0.416 e. The Morgan fingerprint density at radius 3 is 1.71 bits per heavy atom. The van der Waals surface area contributed by atoms with Gasteiger partial charge in [-0.2, -0.15) is 39.5 Å². The summed E-state index contributed by atoms with van der Waals surface area (Å²) >= 11 is 0. The Morgan fingerprint density at radius 1 is 0.789 bits per heavy atom. The molecule has 2 aromatic rings. The Labute approximate surface area is 211 Å². The lowest BCUT2D eigenvalue weighted by Gasteiger charge is -2.30. The first-order valence-corrected chi connectivity index (χ1v) is 11.2. The van der Waals surface area contributed by atoms with E-state index < -0.39 is 70.2 Å². The normalized spacial score (nSPS) is 18.4. The predicted octanol–water partition coefficient (Wildman–Crippen LogP) is 8.24. The molecule has 1 heterocycles. The molecular weight excluding hydrogens is 533 g/mol. The molecule has 208 valence electrons. The van der Waals surface area contributed by atoms with E-state index in [-0.39, 0.29) is 35.9 Å². The van der Waals surface area contributed by atoms with Crippen LogP contribution in [0.3, 0.4) is 0 Å². The Balaban J connectivity index is 2.23. The van der Waals surface area contributed by atoms with Gasteiger partial charge in [-0.25, -0.2) is 4.79 Å². The monoisotopic (exact) mass is 555 g/mol. The Hall–Kier alpha value is -3.25. The standard InChI is InChI=1S/C25H22F9NO3/c1-5-17-19(20(36)12-8-14(24(29,30)31)10-15(9-12)25(32,33)34)16-7-6-13(23(26,27)28)11-18(16)35(17)21(37)38-22(2,3)4/h6-11,17,19H,5H2,1-4H3/t17-,19-/m1/s1. The van der Waals surface area contributed by atoms with Crippen molar-refractivity contribution in [3.8, 4) is 0 Å². The zero-order chi connectivity index (χ0) is 29.0. The fraction of sp³-hybridized carbons (Fsp3) is 0.440. The van der Waals surface area contributed by atoms with Gasteiger partial charge in [-0.3, -0.25) is 9.69 Å². The van der Waals surface area contributed by atoms with Crippen LogP contribution in [0.15, 0.2) is 36.4 Å². The van der Waals surface area contributed by atoms with E-state index in [1.165, 1.54) is 27.7 Å². The summed E-state index contributed by atoms with van der Waals surface area (Å²) < 4.78 is 126. The lowest BCUT2D eigenvalue weighted by molar-refractivity contribution is -0.143. The fourth-order valence-corrected chi connectivity index (χ4v) is 4.28. The molecule has 0 bridgehead atoms. The third-order valence-corrected chi connectivity index (χ3v) is 5.83. The largest absolute Gasteiger partial charge is 0.443 e. The second-order valence-corrected chi connectivity index (χ2v) is 9.73. The highest BCUT2D eigenvalue weighted by molar-refractivity contribution is 6.07. The number of halogens is 9. The number of ether oxygens (including phenoxy) is 1. The zero-order valence-corrected chi connectivity index (χ0v) is 20.4. The molecule has 13 heteroatoms. The van der Waals surface area contributed by atoms with E-state index in [0.29, 0.717) is 12.1 Å². The first-order chi connectivity index (χ1) is 17.1. The van der Waals surface area contributed by atoms with Crippen LogP contribution >= 0.6 is 0 Å². The lowest BCUT2D eigenvalue weighted by atomic mass is 9.85. The van der Waals surface area contributed by atoms with Crippen LogP contribution in [0.1, 0.15) is 72.6 Å². The first-order valence-electron chi connectivity index (χ1n) is 11.2. The Bertz CT molecular complexity index is 1210. The Morgan fingerprint density at radius 2 is 1.29 bits per heavy atom.